The van der Waals surface area contributed by atoms with Gasteiger partial charge in [-0.15, -0.1) is 0 Å². The molecule has 1 saturated heterocycles. The molecule has 7 nitrogen and oxygen atoms in total. The first-order valence-electron chi connectivity index (χ1n) is 10.9. The molecule has 0 unspecified atom stereocenters. The highest BCUT2D eigenvalue weighted by atomic mass is 32.2. The fraction of sp³-hybridized carbons (Fsp3) is 0.333. The van der Waals surface area contributed by atoms with E-state index in [9.17, 15) is 13.2 Å². The molecule has 3 aromatic rings. The van der Waals surface area contributed by atoms with Gasteiger partial charge in [-0.05, 0) is 55.7 Å². The van der Waals surface area contributed by atoms with Crippen LogP contribution in [0.25, 0.3) is 0 Å². The van der Waals surface area contributed by atoms with E-state index in [0.717, 1.165) is 23.4 Å². The van der Waals surface area contributed by atoms with Gasteiger partial charge in [-0.25, -0.2) is 8.42 Å². The summed E-state index contributed by atoms with van der Waals surface area (Å²) in [7, 11) is -3.74. The van der Waals surface area contributed by atoms with Gasteiger partial charge in [-0.1, -0.05) is 30.3 Å². The van der Waals surface area contributed by atoms with Crippen molar-refractivity contribution in [3.63, 3.8) is 0 Å². The first kappa shape index (κ1) is 22.2. The van der Waals surface area contributed by atoms with E-state index >= 15 is 0 Å². The number of sulfonamides is 1. The minimum Gasteiger partial charge on any atom is -0.312 e. The standard InChI is InChI=1S/C24H28N4O3S/c1-2-28-22(14-16-25-28)19-26(18-15-20-7-4-3-5-8-20)32(30,31)23-12-10-21(11-13-23)27-17-6-9-24(27)29/h3-5,7-8,10-14,16H,2,6,9,15,17-19H2,1H3. The van der Waals surface area contributed by atoms with Gasteiger partial charge >= 0.3 is 0 Å². The van der Waals surface area contributed by atoms with Gasteiger partial charge < -0.3 is 4.90 Å². The van der Waals surface area contributed by atoms with Gasteiger partial charge in [0.25, 0.3) is 0 Å². The SMILES string of the molecule is CCn1nccc1CN(CCc1ccccc1)S(=O)(=O)c1ccc(N2CCCC2=O)cc1. The second-order valence-electron chi connectivity index (χ2n) is 7.86. The van der Waals surface area contributed by atoms with Crippen LogP contribution < -0.4 is 4.90 Å². The number of hydrogen-bond acceptors (Lipinski definition) is 4. The van der Waals surface area contributed by atoms with Gasteiger partial charge in [0.15, 0.2) is 0 Å². The smallest absolute Gasteiger partial charge is 0.243 e. The average molecular weight is 453 g/mol. The molecule has 0 N–H and O–H groups in total. The van der Waals surface area contributed by atoms with Crippen molar-refractivity contribution in [1.82, 2.24) is 14.1 Å². The number of anilines is 1. The number of hydrogen-bond donors (Lipinski definition) is 0. The second-order valence-corrected chi connectivity index (χ2v) is 9.79. The van der Waals surface area contributed by atoms with Gasteiger partial charge in [0.1, 0.15) is 0 Å². The molecule has 0 spiro atoms. The number of aryl methyl sites for hydroxylation is 1. The Labute approximate surface area is 189 Å². The quantitative estimate of drug-likeness (QED) is 0.498. The molecule has 1 amide bonds. The number of rotatable bonds is 9. The Kier molecular flexibility index (Phi) is 6.72. The predicted octanol–water partition coefficient (Wildman–Crippen LogP) is 3.46. The van der Waals surface area contributed by atoms with Crippen molar-refractivity contribution in [3.05, 3.63) is 78.1 Å². The molecule has 1 fully saturated rings. The van der Waals surface area contributed by atoms with Crippen molar-refractivity contribution in [2.75, 3.05) is 18.0 Å². The maximum Gasteiger partial charge on any atom is 0.243 e. The van der Waals surface area contributed by atoms with Crippen molar-refractivity contribution in [1.29, 1.82) is 0 Å². The maximum atomic E-state index is 13.6. The molecule has 2 aromatic carbocycles. The van der Waals surface area contributed by atoms with E-state index in [4.69, 9.17) is 0 Å². The van der Waals surface area contributed by atoms with Crippen LogP contribution in [0.5, 0.6) is 0 Å². The van der Waals surface area contributed by atoms with Crippen molar-refractivity contribution < 1.29 is 13.2 Å². The minimum absolute atomic E-state index is 0.0814. The van der Waals surface area contributed by atoms with Crippen LogP contribution in [0.3, 0.4) is 0 Å². The summed E-state index contributed by atoms with van der Waals surface area (Å²) in [6.45, 7) is 3.93. The summed E-state index contributed by atoms with van der Waals surface area (Å²) in [6, 6.07) is 18.4. The monoisotopic (exact) mass is 452 g/mol. The first-order valence-corrected chi connectivity index (χ1v) is 12.4. The van der Waals surface area contributed by atoms with Crippen molar-refractivity contribution >= 4 is 21.6 Å². The lowest BCUT2D eigenvalue weighted by molar-refractivity contribution is -0.117. The van der Waals surface area contributed by atoms with Gasteiger partial charge in [0.05, 0.1) is 17.1 Å². The van der Waals surface area contributed by atoms with Crippen LogP contribution in [0.2, 0.25) is 0 Å². The Morgan fingerprint density at radius 3 is 2.44 bits per heavy atom. The number of amides is 1. The van der Waals surface area contributed by atoms with Crippen LogP contribution in [0.1, 0.15) is 31.0 Å². The zero-order chi connectivity index (χ0) is 22.6. The number of aromatic nitrogens is 2. The fourth-order valence-corrected chi connectivity index (χ4v) is 5.42. The molecule has 8 heteroatoms. The average Bonchev–Trinajstić information content (AvgIpc) is 3.45. The summed E-state index contributed by atoms with van der Waals surface area (Å²) in [5.41, 5.74) is 2.68. The summed E-state index contributed by atoms with van der Waals surface area (Å²) in [6.07, 6.45) is 3.68. The van der Waals surface area contributed by atoms with Crippen LogP contribution in [-0.2, 0) is 34.3 Å². The molecule has 0 radical (unpaired) electrons. The fourth-order valence-electron chi connectivity index (χ4n) is 4.01. The summed E-state index contributed by atoms with van der Waals surface area (Å²) in [5, 5.41) is 4.28. The molecule has 1 aliphatic rings. The molecule has 0 atom stereocenters. The van der Waals surface area contributed by atoms with Crippen LogP contribution in [0.4, 0.5) is 5.69 Å². The van der Waals surface area contributed by atoms with Crippen molar-refractivity contribution in [2.45, 2.75) is 44.2 Å². The highest BCUT2D eigenvalue weighted by Crippen LogP contribution is 2.25. The normalized spacial score (nSPS) is 14.4. The maximum absolute atomic E-state index is 13.6. The third-order valence-corrected chi connectivity index (χ3v) is 7.65. The van der Waals surface area contributed by atoms with Gasteiger partial charge in [0.2, 0.25) is 15.9 Å². The summed E-state index contributed by atoms with van der Waals surface area (Å²) >= 11 is 0. The third kappa shape index (κ3) is 4.76. The van der Waals surface area contributed by atoms with Crippen LogP contribution in [0, 0.1) is 0 Å². The van der Waals surface area contributed by atoms with E-state index in [-0.39, 0.29) is 17.3 Å². The Balaban J connectivity index is 1.59. The molecule has 32 heavy (non-hydrogen) atoms. The lowest BCUT2D eigenvalue weighted by atomic mass is 10.1. The Morgan fingerprint density at radius 1 is 1.03 bits per heavy atom. The van der Waals surface area contributed by atoms with E-state index in [1.165, 1.54) is 4.31 Å². The molecule has 0 bridgehead atoms. The molecular formula is C24H28N4O3S. The second kappa shape index (κ2) is 9.67. The van der Waals surface area contributed by atoms with Gasteiger partial charge in [-0.3, -0.25) is 9.48 Å². The predicted molar refractivity (Wildman–Crippen MR) is 124 cm³/mol. The molecule has 1 aliphatic heterocycles. The zero-order valence-corrected chi connectivity index (χ0v) is 19.0. The highest BCUT2D eigenvalue weighted by molar-refractivity contribution is 7.89. The molecule has 0 saturated carbocycles. The van der Waals surface area contributed by atoms with E-state index < -0.39 is 10.0 Å². The van der Waals surface area contributed by atoms with Crippen LogP contribution >= 0.6 is 0 Å². The number of carbonyl (C=O) groups is 1. The number of carbonyl (C=O) groups excluding carboxylic acids is 1. The van der Waals surface area contributed by atoms with E-state index in [2.05, 4.69) is 5.10 Å². The lowest BCUT2D eigenvalue weighted by Crippen LogP contribution is -2.33. The van der Waals surface area contributed by atoms with Crippen molar-refractivity contribution in [2.24, 2.45) is 0 Å². The summed E-state index contributed by atoms with van der Waals surface area (Å²) < 4.78 is 30.5. The highest BCUT2D eigenvalue weighted by Gasteiger charge is 2.27. The summed E-state index contributed by atoms with van der Waals surface area (Å²) in [5.74, 6) is 0.0814. The molecule has 1 aromatic heterocycles. The molecule has 4 rings (SSSR count). The molecule has 0 aliphatic carbocycles. The number of nitrogens with zero attached hydrogens (tertiary/aromatic N) is 4. The third-order valence-electron chi connectivity index (χ3n) is 5.79. The topological polar surface area (TPSA) is 75.5 Å². The van der Waals surface area contributed by atoms with Gasteiger partial charge in [-0.2, -0.15) is 9.40 Å². The van der Waals surface area contributed by atoms with Crippen LogP contribution in [-0.4, -0.2) is 41.5 Å². The molecule has 168 valence electrons. The molecule has 2 heterocycles. The van der Waals surface area contributed by atoms with E-state index in [0.29, 0.717) is 32.5 Å². The largest absolute Gasteiger partial charge is 0.312 e. The minimum atomic E-state index is -3.74. The van der Waals surface area contributed by atoms with Gasteiger partial charge in [0, 0.05) is 37.9 Å². The zero-order valence-electron chi connectivity index (χ0n) is 18.2. The lowest BCUT2D eigenvalue weighted by Gasteiger charge is -2.23. The Bertz CT molecular complexity index is 1160. The first-order chi connectivity index (χ1) is 15.5. The number of benzene rings is 2. The summed E-state index contributed by atoms with van der Waals surface area (Å²) in [4.78, 5) is 14.0. The van der Waals surface area contributed by atoms with Crippen molar-refractivity contribution in [3.8, 4) is 0 Å². The Morgan fingerprint density at radius 2 is 1.78 bits per heavy atom. The van der Waals surface area contributed by atoms with Crippen LogP contribution in [0.15, 0.2) is 71.8 Å². The molecular weight excluding hydrogens is 424 g/mol. The Hall–Kier alpha value is -2.97. The van der Waals surface area contributed by atoms with E-state index in [1.54, 1.807) is 35.4 Å². The van der Waals surface area contributed by atoms with E-state index in [1.807, 2.05) is 48.0 Å².